The molecule has 0 unspecified atom stereocenters. The number of anilines is 1. The first-order valence-electron chi connectivity index (χ1n) is 9.88. The van der Waals surface area contributed by atoms with E-state index in [0.717, 1.165) is 22.9 Å². The van der Waals surface area contributed by atoms with Crippen LogP contribution in [-0.2, 0) is 11.0 Å². The van der Waals surface area contributed by atoms with E-state index in [1.54, 1.807) is 6.08 Å². The lowest BCUT2D eigenvalue weighted by atomic mass is 9.98. The van der Waals surface area contributed by atoms with Gasteiger partial charge in [-0.3, -0.25) is 4.79 Å². The van der Waals surface area contributed by atoms with Crippen molar-refractivity contribution in [2.24, 2.45) is 0 Å². The Kier molecular flexibility index (Phi) is 5.35. The molecule has 0 saturated heterocycles. The molecule has 1 heterocycles. The van der Waals surface area contributed by atoms with Crippen LogP contribution in [0.4, 0.5) is 18.9 Å². The van der Waals surface area contributed by atoms with E-state index >= 15 is 0 Å². The number of rotatable bonds is 5. The third kappa shape index (κ3) is 3.95. The summed E-state index contributed by atoms with van der Waals surface area (Å²) in [6, 6.07) is 12.6. The number of hydrogen-bond acceptors (Lipinski definition) is 3. The molecular weight excluding hydrogens is 407 g/mol. The minimum atomic E-state index is -4.49. The molecule has 0 fully saturated rings. The van der Waals surface area contributed by atoms with E-state index < -0.39 is 17.6 Å². The van der Waals surface area contributed by atoms with Gasteiger partial charge in [0.15, 0.2) is 0 Å². The summed E-state index contributed by atoms with van der Waals surface area (Å²) in [6.07, 6.45) is -2.82. The number of benzene rings is 3. The van der Waals surface area contributed by atoms with Crippen LogP contribution in [0.15, 0.2) is 48.5 Å². The second-order valence-corrected chi connectivity index (χ2v) is 7.00. The van der Waals surface area contributed by atoms with Crippen molar-refractivity contribution in [1.29, 1.82) is 0 Å². The zero-order chi connectivity index (χ0) is 22.2. The summed E-state index contributed by atoms with van der Waals surface area (Å²) < 4.78 is 50.6. The molecule has 3 aromatic rings. The van der Waals surface area contributed by atoms with Crippen molar-refractivity contribution in [2.75, 3.05) is 18.5 Å². The fourth-order valence-corrected chi connectivity index (χ4v) is 3.65. The molecule has 0 saturated carbocycles. The maximum absolute atomic E-state index is 13.1. The Morgan fingerprint density at radius 3 is 2.42 bits per heavy atom. The molecule has 1 N–H and O–H groups in total. The molecule has 1 aliphatic heterocycles. The van der Waals surface area contributed by atoms with Crippen molar-refractivity contribution in [2.45, 2.75) is 20.0 Å². The molecule has 4 nitrogen and oxygen atoms in total. The zero-order valence-electron chi connectivity index (χ0n) is 17.0. The monoisotopic (exact) mass is 427 g/mol. The molecule has 160 valence electrons. The normalized spacial score (nSPS) is 14.6. The molecule has 0 aliphatic carbocycles. The average Bonchev–Trinajstić information content (AvgIpc) is 3.04. The highest BCUT2D eigenvalue weighted by Crippen LogP contribution is 2.40. The highest BCUT2D eigenvalue weighted by atomic mass is 19.4. The topological polar surface area (TPSA) is 47.6 Å². The average molecular weight is 427 g/mol. The minimum absolute atomic E-state index is 0.138. The number of halogens is 3. The van der Waals surface area contributed by atoms with Gasteiger partial charge in [0.25, 0.3) is 5.91 Å². The Morgan fingerprint density at radius 1 is 0.968 bits per heavy atom. The van der Waals surface area contributed by atoms with Crippen molar-refractivity contribution in [3.63, 3.8) is 0 Å². The predicted molar refractivity (Wildman–Crippen MR) is 114 cm³/mol. The molecule has 0 aromatic heterocycles. The summed E-state index contributed by atoms with van der Waals surface area (Å²) >= 11 is 0. The Bertz CT molecular complexity index is 1190. The maximum atomic E-state index is 13.1. The van der Waals surface area contributed by atoms with E-state index in [9.17, 15) is 18.0 Å². The summed E-state index contributed by atoms with van der Waals surface area (Å²) in [5.74, 6) is 0.786. The summed E-state index contributed by atoms with van der Waals surface area (Å²) in [4.78, 5) is 12.6. The van der Waals surface area contributed by atoms with Crippen molar-refractivity contribution < 1.29 is 27.4 Å². The van der Waals surface area contributed by atoms with Gasteiger partial charge in [0.05, 0.1) is 18.8 Å². The first-order valence-corrected chi connectivity index (χ1v) is 9.88. The van der Waals surface area contributed by atoms with Crippen LogP contribution in [0.5, 0.6) is 11.5 Å². The summed E-state index contributed by atoms with van der Waals surface area (Å²) in [6.45, 7) is 4.67. The molecule has 7 heteroatoms. The second kappa shape index (κ2) is 7.98. The molecule has 0 radical (unpaired) electrons. The number of carbonyl (C=O) groups is 1. The number of hydrogen-bond donors (Lipinski definition) is 1. The largest absolute Gasteiger partial charge is 0.494 e. The van der Waals surface area contributed by atoms with Crippen LogP contribution in [0.25, 0.3) is 22.4 Å². The number of alkyl halides is 3. The third-order valence-electron chi connectivity index (χ3n) is 5.02. The van der Waals surface area contributed by atoms with Crippen LogP contribution >= 0.6 is 0 Å². The van der Waals surface area contributed by atoms with Gasteiger partial charge in [-0.1, -0.05) is 18.2 Å². The molecule has 1 amide bonds. The van der Waals surface area contributed by atoms with E-state index in [0.29, 0.717) is 35.8 Å². The minimum Gasteiger partial charge on any atom is -0.494 e. The molecule has 4 rings (SSSR count). The molecule has 0 atom stereocenters. The third-order valence-corrected chi connectivity index (χ3v) is 5.02. The van der Waals surface area contributed by atoms with Crippen LogP contribution in [0.1, 0.15) is 30.5 Å². The number of nitrogens with one attached hydrogen (secondary N) is 1. The van der Waals surface area contributed by atoms with Crippen molar-refractivity contribution in [3.8, 4) is 11.5 Å². The first kappa shape index (κ1) is 20.8. The fraction of sp³-hybridized carbons (Fsp3) is 0.208. The van der Waals surface area contributed by atoms with Crippen LogP contribution in [0, 0.1) is 0 Å². The number of amides is 1. The highest BCUT2D eigenvalue weighted by molar-refractivity contribution is 6.35. The van der Waals surface area contributed by atoms with E-state index in [1.807, 2.05) is 44.2 Å². The number of carbonyl (C=O) groups excluding carboxylic acids is 1. The van der Waals surface area contributed by atoms with Gasteiger partial charge in [0, 0.05) is 22.4 Å². The van der Waals surface area contributed by atoms with Crippen molar-refractivity contribution >= 4 is 34.0 Å². The highest BCUT2D eigenvalue weighted by Gasteiger charge is 2.33. The summed E-state index contributed by atoms with van der Waals surface area (Å²) in [7, 11) is 0. The van der Waals surface area contributed by atoms with Gasteiger partial charge in [-0.25, -0.2) is 0 Å². The van der Waals surface area contributed by atoms with Crippen molar-refractivity contribution in [3.05, 3.63) is 65.2 Å². The molecule has 31 heavy (non-hydrogen) atoms. The molecule has 1 aliphatic rings. The van der Waals surface area contributed by atoms with Gasteiger partial charge >= 0.3 is 6.18 Å². The maximum Gasteiger partial charge on any atom is 0.416 e. The lowest BCUT2D eigenvalue weighted by Crippen LogP contribution is -2.06. The lowest BCUT2D eigenvalue weighted by molar-refractivity contribution is -0.137. The Balaban J connectivity index is 1.90. The van der Waals surface area contributed by atoms with Crippen LogP contribution < -0.4 is 14.8 Å². The quantitative estimate of drug-likeness (QED) is 0.497. The molecule has 0 bridgehead atoms. The zero-order valence-corrected chi connectivity index (χ0v) is 17.0. The van der Waals surface area contributed by atoms with E-state index in [2.05, 4.69) is 5.32 Å². The number of ether oxygens (including phenoxy) is 2. The van der Waals surface area contributed by atoms with Gasteiger partial charge in [-0.2, -0.15) is 13.2 Å². The lowest BCUT2D eigenvalue weighted by Gasteiger charge is -2.13. The van der Waals surface area contributed by atoms with Gasteiger partial charge in [0.1, 0.15) is 11.5 Å². The van der Waals surface area contributed by atoms with E-state index in [1.165, 1.54) is 6.07 Å². The summed E-state index contributed by atoms with van der Waals surface area (Å²) in [5, 5.41) is 4.28. The van der Waals surface area contributed by atoms with Crippen LogP contribution in [0.2, 0.25) is 0 Å². The van der Waals surface area contributed by atoms with E-state index in [-0.39, 0.29) is 11.3 Å². The van der Waals surface area contributed by atoms with Gasteiger partial charge in [0.2, 0.25) is 0 Å². The molecule has 0 spiro atoms. The van der Waals surface area contributed by atoms with Crippen LogP contribution in [-0.4, -0.2) is 19.1 Å². The Labute approximate surface area is 177 Å². The van der Waals surface area contributed by atoms with Gasteiger partial charge < -0.3 is 14.8 Å². The van der Waals surface area contributed by atoms with Gasteiger partial charge in [-0.15, -0.1) is 0 Å². The summed E-state index contributed by atoms with van der Waals surface area (Å²) in [5.41, 5.74) is 0.685. The van der Waals surface area contributed by atoms with Crippen LogP contribution in [0.3, 0.4) is 0 Å². The van der Waals surface area contributed by atoms with Crippen molar-refractivity contribution in [1.82, 2.24) is 0 Å². The van der Waals surface area contributed by atoms with E-state index in [4.69, 9.17) is 9.47 Å². The standard InChI is InChI=1S/C24H20F3NO3/c1-3-30-16-8-5-14-6-10-22(31-4-2)19(18(14)12-16)13-20-17-9-7-15(24(25,26)27)11-21(17)28-23(20)29/h5-13H,3-4H2,1-2H3,(H,28,29)/b20-13-. The molecular formula is C24H20F3NO3. The van der Waals surface area contributed by atoms with Gasteiger partial charge in [-0.05, 0) is 61.0 Å². The number of fused-ring (bicyclic) bond motifs is 2. The first-order chi connectivity index (χ1) is 14.8. The predicted octanol–water partition coefficient (Wildman–Crippen LogP) is 6.15. The SMILES string of the molecule is CCOc1ccc2ccc(OCC)c(/C=C3\C(=O)Nc4cc(C(F)(F)F)ccc43)c2c1. The Morgan fingerprint density at radius 2 is 1.71 bits per heavy atom. The molecule has 3 aromatic carbocycles. The smallest absolute Gasteiger partial charge is 0.416 e. The Hall–Kier alpha value is -3.48. The second-order valence-electron chi connectivity index (χ2n) is 7.00. The fourth-order valence-electron chi connectivity index (χ4n) is 3.65.